The van der Waals surface area contributed by atoms with Gasteiger partial charge in [0.25, 0.3) is 5.91 Å². The third-order valence-electron chi connectivity index (χ3n) is 3.02. The number of hydrogen-bond acceptors (Lipinski definition) is 3. The van der Waals surface area contributed by atoms with Crippen molar-refractivity contribution in [3.8, 4) is 0 Å². The lowest BCUT2D eigenvalue weighted by Gasteiger charge is -2.30. The highest BCUT2D eigenvalue weighted by Gasteiger charge is 2.22. The summed E-state index contributed by atoms with van der Waals surface area (Å²) >= 11 is 1.66. The average molecular weight is 251 g/mol. The van der Waals surface area contributed by atoms with Crippen molar-refractivity contribution in [1.82, 2.24) is 4.90 Å². The van der Waals surface area contributed by atoms with Gasteiger partial charge in [-0.3, -0.25) is 4.79 Å². The zero-order valence-corrected chi connectivity index (χ0v) is 10.7. The first-order valence-electron chi connectivity index (χ1n) is 5.82. The number of carbonyl (C=O) groups is 1. The summed E-state index contributed by atoms with van der Waals surface area (Å²) in [7, 11) is 0. The first kappa shape index (κ1) is 12.5. The molecule has 1 atom stereocenters. The highest BCUT2D eigenvalue weighted by molar-refractivity contribution is 7.98. The number of piperidine rings is 1. The van der Waals surface area contributed by atoms with E-state index >= 15 is 0 Å². The Morgan fingerprint density at radius 1 is 1.41 bits per heavy atom. The third-order valence-corrected chi connectivity index (χ3v) is 3.76. The number of nitrogens with zero attached hydrogens (tertiary/aromatic N) is 1. The molecule has 1 unspecified atom stereocenters. The molecule has 1 aliphatic rings. The largest absolute Gasteiger partial charge is 0.391 e. The molecule has 0 spiro atoms. The number of rotatable bonds is 2. The van der Waals surface area contributed by atoms with Crippen LogP contribution < -0.4 is 0 Å². The monoisotopic (exact) mass is 251 g/mol. The molecule has 17 heavy (non-hydrogen) atoms. The van der Waals surface area contributed by atoms with Crippen molar-refractivity contribution in [3.05, 3.63) is 29.8 Å². The van der Waals surface area contributed by atoms with Gasteiger partial charge in [0.1, 0.15) is 0 Å². The molecular formula is C13H17NO2S. The molecule has 1 saturated heterocycles. The maximum absolute atomic E-state index is 12.2. The molecule has 0 radical (unpaired) electrons. The van der Waals surface area contributed by atoms with Crippen LogP contribution in [0.4, 0.5) is 0 Å². The van der Waals surface area contributed by atoms with Crippen LogP contribution in [0.3, 0.4) is 0 Å². The molecule has 1 amide bonds. The lowest BCUT2D eigenvalue weighted by atomic mass is 10.1. The highest BCUT2D eigenvalue weighted by atomic mass is 32.2. The second kappa shape index (κ2) is 5.56. The summed E-state index contributed by atoms with van der Waals surface area (Å²) in [5.74, 6) is 0.0244. The van der Waals surface area contributed by atoms with Gasteiger partial charge in [-0.25, -0.2) is 0 Å². The van der Waals surface area contributed by atoms with Crippen molar-refractivity contribution in [2.24, 2.45) is 0 Å². The number of benzene rings is 1. The average Bonchev–Trinajstić information content (AvgIpc) is 2.38. The summed E-state index contributed by atoms with van der Waals surface area (Å²) in [6.45, 7) is 1.21. The Hall–Kier alpha value is -1.00. The maximum Gasteiger partial charge on any atom is 0.253 e. The molecule has 1 fully saturated rings. The predicted octanol–water partition coefficient (Wildman–Crippen LogP) is 2.01. The summed E-state index contributed by atoms with van der Waals surface area (Å²) in [6.07, 6.45) is 3.33. The minimum atomic E-state index is -0.363. The number of thioether (sulfide) groups is 1. The topological polar surface area (TPSA) is 40.5 Å². The van der Waals surface area contributed by atoms with E-state index in [9.17, 15) is 9.90 Å². The molecule has 92 valence electrons. The minimum Gasteiger partial charge on any atom is -0.391 e. The number of amides is 1. The Bertz CT molecular complexity index is 391. The van der Waals surface area contributed by atoms with E-state index in [1.54, 1.807) is 16.7 Å². The molecule has 1 aliphatic heterocycles. The van der Waals surface area contributed by atoms with Crippen LogP contribution in [0.15, 0.2) is 29.2 Å². The molecule has 0 bridgehead atoms. The summed E-state index contributed by atoms with van der Waals surface area (Å²) in [4.78, 5) is 15.0. The molecule has 4 heteroatoms. The Balaban J connectivity index is 2.07. The molecule has 1 heterocycles. The second-order valence-corrected chi connectivity index (χ2v) is 5.16. The second-order valence-electron chi connectivity index (χ2n) is 4.28. The normalized spacial score (nSPS) is 20.4. The fourth-order valence-corrected chi connectivity index (χ4v) is 2.46. The Labute approximate surface area is 106 Å². The summed E-state index contributed by atoms with van der Waals surface area (Å²) in [5.41, 5.74) is 0.705. The number of aliphatic hydroxyl groups excluding tert-OH is 1. The summed E-state index contributed by atoms with van der Waals surface area (Å²) < 4.78 is 0. The number of aliphatic hydroxyl groups is 1. The number of likely N-dealkylation sites (tertiary alicyclic amines) is 1. The predicted molar refractivity (Wildman–Crippen MR) is 69.4 cm³/mol. The van der Waals surface area contributed by atoms with Crippen molar-refractivity contribution in [1.29, 1.82) is 0 Å². The SMILES string of the molecule is CSc1ccc(C(=O)N2CCCC(O)C2)cc1. The van der Waals surface area contributed by atoms with Crippen LogP contribution in [0.5, 0.6) is 0 Å². The summed E-state index contributed by atoms with van der Waals surface area (Å²) in [5, 5.41) is 9.56. The van der Waals surface area contributed by atoms with Crippen molar-refractivity contribution in [2.75, 3.05) is 19.3 Å². The molecule has 1 N–H and O–H groups in total. The third kappa shape index (κ3) is 3.01. The lowest BCUT2D eigenvalue weighted by Crippen LogP contribution is -2.42. The minimum absolute atomic E-state index is 0.0244. The van der Waals surface area contributed by atoms with Gasteiger partial charge in [-0.05, 0) is 43.4 Å². The van der Waals surface area contributed by atoms with E-state index in [1.165, 1.54) is 0 Å². The van der Waals surface area contributed by atoms with Crippen molar-refractivity contribution >= 4 is 17.7 Å². The van der Waals surface area contributed by atoms with Crippen LogP contribution in [0.2, 0.25) is 0 Å². The quantitative estimate of drug-likeness (QED) is 0.817. The van der Waals surface area contributed by atoms with E-state index < -0.39 is 0 Å². The van der Waals surface area contributed by atoms with E-state index in [1.807, 2.05) is 30.5 Å². The molecule has 1 aromatic carbocycles. The first-order valence-corrected chi connectivity index (χ1v) is 7.04. The molecule has 0 aliphatic carbocycles. The van der Waals surface area contributed by atoms with Crippen molar-refractivity contribution < 1.29 is 9.90 Å². The molecular weight excluding hydrogens is 234 g/mol. The fourth-order valence-electron chi connectivity index (χ4n) is 2.06. The highest BCUT2D eigenvalue weighted by Crippen LogP contribution is 2.17. The smallest absolute Gasteiger partial charge is 0.253 e. The molecule has 0 saturated carbocycles. The van der Waals surface area contributed by atoms with Crippen LogP contribution in [0, 0.1) is 0 Å². The molecule has 1 aromatic rings. The van der Waals surface area contributed by atoms with Gasteiger partial charge in [0, 0.05) is 23.5 Å². The lowest BCUT2D eigenvalue weighted by molar-refractivity contribution is 0.0473. The van der Waals surface area contributed by atoms with Crippen molar-refractivity contribution in [3.63, 3.8) is 0 Å². The van der Waals surface area contributed by atoms with E-state index in [2.05, 4.69) is 0 Å². The van der Waals surface area contributed by atoms with Gasteiger partial charge in [-0.15, -0.1) is 11.8 Å². The van der Waals surface area contributed by atoms with E-state index in [4.69, 9.17) is 0 Å². The van der Waals surface area contributed by atoms with Crippen LogP contribution in [-0.4, -0.2) is 41.4 Å². The number of hydrogen-bond donors (Lipinski definition) is 1. The number of carbonyl (C=O) groups excluding carboxylic acids is 1. The van der Waals surface area contributed by atoms with Gasteiger partial charge >= 0.3 is 0 Å². The van der Waals surface area contributed by atoms with Crippen molar-refractivity contribution in [2.45, 2.75) is 23.8 Å². The van der Waals surface area contributed by atoms with E-state index in [0.29, 0.717) is 12.1 Å². The molecule has 2 rings (SSSR count). The van der Waals surface area contributed by atoms with E-state index in [0.717, 1.165) is 24.3 Å². The zero-order chi connectivity index (χ0) is 12.3. The Morgan fingerprint density at radius 3 is 2.71 bits per heavy atom. The van der Waals surface area contributed by atoms with Crippen LogP contribution in [0.25, 0.3) is 0 Å². The fraction of sp³-hybridized carbons (Fsp3) is 0.462. The van der Waals surface area contributed by atoms with Crippen LogP contribution in [-0.2, 0) is 0 Å². The molecule has 3 nitrogen and oxygen atoms in total. The van der Waals surface area contributed by atoms with Gasteiger partial charge in [-0.1, -0.05) is 0 Å². The summed E-state index contributed by atoms with van der Waals surface area (Å²) in [6, 6.07) is 7.63. The van der Waals surface area contributed by atoms with Crippen LogP contribution >= 0.6 is 11.8 Å². The van der Waals surface area contributed by atoms with Gasteiger partial charge in [0.15, 0.2) is 0 Å². The van der Waals surface area contributed by atoms with Gasteiger partial charge in [0.2, 0.25) is 0 Å². The van der Waals surface area contributed by atoms with E-state index in [-0.39, 0.29) is 12.0 Å². The Morgan fingerprint density at radius 2 is 2.12 bits per heavy atom. The standard InChI is InChI=1S/C13H17NO2S/c1-17-12-6-4-10(5-7-12)13(16)14-8-2-3-11(15)9-14/h4-7,11,15H,2-3,8-9H2,1H3. The Kier molecular flexibility index (Phi) is 4.07. The van der Waals surface area contributed by atoms with Crippen LogP contribution in [0.1, 0.15) is 23.2 Å². The van der Waals surface area contributed by atoms with Gasteiger partial charge in [0.05, 0.1) is 6.10 Å². The maximum atomic E-state index is 12.2. The van der Waals surface area contributed by atoms with Gasteiger partial charge in [-0.2, -0.15) is 0 Å². The zero-order valence-electron chi connectivity index (χ0n) is 9.93. The molecule has 0 aromatic heterocycles. The van der Waals surface area contributed by atoms with Gasteiger partial charge < -0.3 is 10.0 Å². The number of β-amino-alcohol motifs (C(OH)–C–C–N with tert-alkyl or cyclic N) is 1. The first-order chi connectivity index (χ1) is 8.20.